The first-order valence-electron chi connectivity index (χ1n) is 5.30. The van der Waals surface area contributed by atoms with E-state index in [9.17, 15) is 4.79 Å². The second kappa shape index (κ2) is 3.99. The summed E-state index contributed by atoms with van der Waals surface area (Å²) in [6.45, 7) is 1.30. The highest BCUT2D eigenvalue weighted by Gasteiger charge is 2.10. The van der Waals surface area contributed by atoms with Gasteiger partial charge in [0.2, 0.25) is 0 Å². The van der Waals surface area contributed by atoms with Crippen molar-refractivity contribution < 1.29 is 9.53 Å². The number of benzene rings is 1. The molecule has 0 N–H and O–H groups in total. The number of para-hydroxylation sites is 2. The summed E-state index contributed by atoms with van der Waals surface area (Å²) in [5.41, 5.74) is 2.44. The number of aromatic nitrogens is 4. The summed E-state index contributed by atoms with van der Waals surface area (Å²) in [4.78, 5) is 19.8. The fourth-order valence-corrected chi connectivity index (χ4v) is 1.65. The maximum absolute atomic E-state index is 11.0. The monoisotopic (exact) mass is 240 g/mol. The molecule has 0 atom stereocenters. The van der Waals surface area contributed by atoms with Gasteiger partial charge in [-0.25, -0.2) is 9.97 Å². The van der Waals surface area contributed by atoms with Crippen molar-refractivity contribution in [1.29, 1.82) is 0 Å². The van der Waals surface area contributed by atoms with Crippen LogP contribution in [0.3, 0.4) is 0 Å². The minimum Gasteiger partial charge on any atom is -0.403 e. The molecular weight excluding hydrogens is 232 g/mol. The first kappa shape index (κ1) is 10.5. The van der Waals surface area contributed by atoms with Crippen molar-refractivity contribution in [3.8, 4) is 5.88 Å². The van der Waals surface area contributed by atoms with Gasteiger partial charge in [0.05, 0.1) is 17.2 Å². The topological polar surface area (TPSA) is 77.9 Å². The summed E-state index contributed by atoms with van der Waals surface area (Å²) < 4.78 is 4.96. The Labute approximate surface area is 102 Å². The van der Waals surface area contributed by atoms with Gasteiger partial charge < -0.3 is 4.74 Å². The number of ether oxygens (including phenoxy) is 1. The lowest BCUT2D eigenvalue weighted by Gasteiger charge is -2.03. The minimum absolute atomic E-state index is 0.0817. The smallest absolute Gasteiger partial charge is 0.309 e. The van der Waals surface area contributed by atoms with Crippen LogP contribution in [0.15, 0.2) is 30.5 Å². The number of fused-ring (bicyclic) bond motifs is 2. The molecule has 0 aliphatic rings. The van der Waals surface area contributed by atoms with Gasteiger partial charge in [0.1, 0.15) is 5.52 Å². The summed E-state index contributed by atoms with van der Waals surface area (Å²) in [6.07, 6.45) is 1.49. The Bertz CT molecular complexity index is 757. The second-order valence-electron chi connectivity index (χ2n) is 3.69. The molecule has 6 heteroatoms. The minimum atomic E-state index is -0.466. The van der Waals surface area contributed by atoms with E-state index in [1.54, 1.807) is 0 Å². The van der Waals surface area contributed by atoms with Gasteiger partial charge >= 0.3 is 5.97 Å². The van der Waals surface area contributed by atoms with Gasteiger partial charge in [0.15, 0.2) is 5.52 Å². The van der Waals surface area contributed by atoms with Crippen LogP contribution in [0.2, 0.25) is 0 Å². The SMILES string of the molecule is CC(=O)Oc1nncc2nc3ccccc3nc12. The average molecular weight is 240 g/mol. The van der Waals surface area contributed by atoms with Crippen LogP contribution in [-0.4, -0.2) is 26.1 Å². The highest BCUT2D eigenvalue weighted by atomic mass is 16.5. The molecule has 0 saturated carbocycles. The van der Waals surface area contributed by atoms with E-state index in [-0.39, 0.29) is 5.88 Å². The molecule has 0 saturated heterocycles. The Morgan fingerprint density at radius 3 is 2.56 bits per heavy atom. The number of hydrogen-bond donors (Lipinski definition) is 0. The van der Waals surface area contributed by atoms with Crippen molar-refractivity contribution in [2.75, 3.05) is 0 Å². The first-order valence-corrected chi connectivity index (χ1v) is 5.30. The van der Waals surface area contributed by atoms with Gasteiger partial charge in [-0.1, -0.05) is 12.1 Å². The molecule has 0 spiro atoms. The van der Waals surface area contributed by atoms with Crippen molar-refractivity contribution in [2.45, 2.75) is 6.92 Å². The highest BCUT2D eigenvalue weighted by molar-refractivity contribution is 5.89. The van der Waals surface area contributed by atoms with Crippen molar-refractivity contribution in [1.82, 2.24) is 20.2 Å². The van der Waals surface area contributed by atoms with E-state index in [2.05, 4.69) is 20.2 Å². The lowest BCUT2D eigenvalue weighted by molar-refractivity contribution is -0.132. The van der Waals surface area contributed by atoms with Crippen LogP contribution in [0.5, 0.6) is 5.88 Å². The summed E-state index contributed by atoms with van der Waals surface area (Å²) in [5, 5.41) is 7.50. The van der Waals surface area contributed by atoms with Crippen LogP contribution < -0.4 is 4.74 Å². The number of carbonyl (C=O) groups is 1. The molecule has 0 bridgehead atoms. The van der Waals surface area contributed by atoms with Gasteiger partial charge in [-0.05, 0) is 12.1 Å². The third-order valence-electron chi connectivity index (χ3n) is 2.37. The van der Waals surface area contributed by atoms with E-state index in [0.717, 1.165) is 5.52 Å². The third kappa shape index (κ3) is 1.73. The predicted octanol–water partition coefficient (Wildman–Crippen LogP) is 1.50. The molecular formula is C12H8N4O2. The zero-order chi connectivity index (χ0) is 12.5. The Morgan fingerprint density at radius 2 is 1.83 bits per heavy atom. The molecule has 0 unspecified atom stereocenters. The maximum atomic E-state index is 11.0. The van der Waals surface area contributed by atoms with Crippen molar-refractivity contribution >= 4 is 28.0 Å². The van der Waals surface area contributed by atoms with E-state index in [1.165, 1.54) is 13.1 Å². The van der Waals surface area contributed by atoms with Gasteiger partial charge in [-0.3, -0.25) is 4.79 Å². The van der Waals surface area contributed by atoms with Crippen LogP contribution >= 0.6 is 0 Å². The molecule has 0 aliphatic carbocycles. The largest absolute Gasteiger partial charge is 0.403 e. The summed E-state index contributed by atoms with van der Waals surface area (Å²) in [7, 11) is 0. The van der Waals surface area contributed by atoms with Crippen LogP contribution in [0.25, 0.3) is 22.1 Å². The van der Waals surface area contributed by atoms with E-state index >= 15 is 0 Å². The van der Waals surface area contributed by atoms with Crippen molar-refractivity contribution in [2.24, 2.45) is 0 Å². The molecule has 3 aromatic rings. The number of carbonyl (C=O) groups excluding carboxylic acids is 1. The molecule has 1 aromatic carbocycles. The molecule has 2 heterocycles. The van der Waals surface area contributed by atoms with E-state index < -0.39 is 5.97 Å². The van der Waals surface area contributed by atoms with Crippen molar-refractivity contribution in [3.63, 3.8) is 0 Å². The zero-order valence-electron chi connectivity index (χ0n) is 9.49. The average Bonchev–Trinajstić information content (AvgIpc) is 2.36. The first-order chi connectivity index (χ1) is 8.74. The summed E-state index contributed by atoms with van der Waals surface area (Å²) in [6, 6.07) is 7.43. The molecule has 0 aliphatic heterocycles. The number of nitrogens with zero attached hydrogens (tertiary/aromatic N) is 4. The summed E-state index contributed by atoms with van der Waals surface area (Å²) in [5.74, 6) is -0.384. The normalized spacial score (nSPS) is 10.7. The Hall–Kier alpha value is -2.63. The van der Waals surface area contributed by atoms with Crippen LogP contribution in [-0.2, 0) is 4.79 Å². The fourth-order valence-electron chi connectivity index (χ4n) is 1.65. The van der Waals surface area contributed by atoms with Gasteiger partial charge in [-0.15, -0.1) is 5.10 Å². The molecule has 0 fully saturated rings. The quantitative estimate of drug-likeness (QED) is 0.473. The lowest BCUT2D eigenvalue weighted by atomic mass is 10.3. The predicted molar refractivity (Wildman–Crippen MR) is 63.9 cm³/mol. The van der Waals surface area contributed by atoms with E-state index in [0.29, 0.717) is 16.6 Å². The number of rotatable bonds is 1. The van der Waals surface area contributed by atoms with Crippen molar-refractivity contribution in [3.05, 3.63) is 30.5 Å². The van der Waals surface area contributed by atoms with Gasteiger partial charge in [0, 0.05) is 6.92 Å². The zero-order valence-corrected chi connectivity index (χ0v) is 9.49. The molecule has 2 aromatic heterocycles. The molecule has 0 radical (unpaired) electrons. The Balaban J connectivity index is 2.32. The van der Waals surface area contributed by atoms with E-state index in [1.807, 2.05) is 24.3 Å². The van der Waals surface area contributed by atoms with Crippen LogP contribution in [0.4, 0.5) is 0 Å². The molecule has 0 amide bonds. The molecule has 18 heavy (non-hydrogen) atoms. The number of esters is 1. The van der Waals surface area contributed by atoms with Crippen LogP contribution in [0.1, 0.15) is 6.92 Å². The Morgan fingerprint density at radius 1 is 1.11 bits per heavy atom. The number of hydrogen-bond acceptors (Lipinski definition) is 6. The maximum Gasteiger partial charge on any atom is 0.309 e. The lowest BCUT2D eigenvalue weighted by Crippen LogP contribution is -2.05. The molecule has 88 valence electrons. The molecule has 6 nitrogen and oxygen atoms in total. The molecule has 3 rings (SSSR count). The third-order valence-corrected chi connectivity index (χ3v) is 2.37. The summed E-state index contributed by atoms with van der Waals surface area (Å²) >= 11 is 0. The van der Waals surface area contributed by atoms with Crippen LogP contribution in [0, 0.1) is 0 Å². The standard InChI is InChI=1S/C12H8N4O2/c1-7(17)18-12-11-10(6-13-16-12)14-8-4-2-3-5-9(8)15-11/h2-6H,1H3. The van der Waals surface area contributed by atoms with Gasteiger partial charge in [0.25, 0.3) is 5.88 Å². The highest BCUT2D eigenvalue weighted by Crippen LogP contribution is 2.21. The van der Waals surface area contributed by atoms with Gasteiger partial charge in [-0.2, -0.15) is 5.10 Å². The Kier molecular flexibility index (Phi) is 2.33. The second-order valence-corrected chi connectivity index (χ2v) is 3.69. The fraction of sp³-hybridized carbons (Fsp3) is 0.0833. The van der Waals surface area contributed by atoms with E-state index in [4.69, 9.17) is 4.74 Å².